The van der Waals surface area contributed by atoms with Crippen molar-refractivity contribution in [2.24, 2.45) is 0 Å². The fraction of sp³-hybridized carbons (Fsp3) is 0.312. The predicted octanol–water partition coefficient (Wildman–Crippen LogP) is 2.18. The van der Waals surface area contributed by atoms with Gasteiger partial charge in [-0.15, -0.1) is 0 Å². The van der Waals surface area contributed by atoms with E-state index in [-0.39, 0.29) is 30.4 Å². The minimum absolute atomic E-state index is 0.199. The largest absolute Gasteiger partial charge is 0.463 e. The summed E-state index contributed by atoms with van der Waals surface area (Å²) in [4.78, 5) is 37.3. The summed E-state index contributed by atoms with van der Waals surface area (Å²) in [5.74, 6) is -1.17. The molecule has 5 heteroatoms. The molecule has 21 heavy (non-hydrogen) atoms. The Balaban J connectivity index is 2.13. The maximum atomic E-state index is 12.3. The highest BCUT2D eigenvalue weighted by molar-refractivity contribution is 6.21. The Morgan fingerprint density at radius 3 is 2.24 bits per heavy atom. The van der Waals surface area contributed by atoms with E-state index < -0.39 is 12.0 Å². The molecule has 2 amide bonds. The molecule has 5 nitrogen and oxygen atoms in total. The molecule has 0 saturated carbocycles. The standard InChI is InChI=1S/C16H17NO4/c1-4-21-16(20)10(2)9-11(3)17-14(18)12-7-5-6-8-13(12)15(17)19/h5-8,11H,2,4,9H2,1,3H3. The Bertz CT molecular complexity index is 585. The molecule has 0 radical (unpaired) electrons. The van der Waals surface area contributed by atoms with Gasteiger partial charge in [0.2, 0.25) is 0 Å². The third-order valence-corrected chi connectivity index (χ3v) is 3.37. The van der Waals surface area contributed by atoms with Gasteiger partial charge in [-0.05, 0) is 32.4 Å². The summed E-state index contributed by atoms with van der Waals surface area (Å²) in [6, 6.07) is 6.24. The van der Waals surface area contributed by atoms with Gasteiger partial charge >= 0.3 is 5.97 Å². The molecule has 0 N–H and O–H groups in total. The minimum Gasteiger partial charge on any atom is -0.463 e. The molecule has 0 aromatic heterocycles. The lowest BCUT2D eigenvalue weighted by Crippen LogP contribution is -2.38. The van der Waals surface area contributed by atoms with Crippen LogP contribution in [0.15, 0.2) is 36.4 Å². The first kappa shape index (κ1) is 15.0. The Labute approximate surface area is 123 Å². The van der Waals surface area contributed by atoms with Crippen molar-refractivity contribution in [3.05, 3.63) is 47.5 Å². The molecule has 110 valence electrons. The highest BCUT2D eigenvalue weighted by atomic mass is 16.5. The topological polar surface area (TPSA) is 63.7 Å². The molecular formula is C16H17NO4. The van der Waals surface area contributed by atoms with Gasteiger partial charge in [0.25, 0.3) is 11.8 Å². The van der Waals surface area contributed by atoms with Gasteiger partial charge in [0, 0.05) is 11.6 Å². The molecule has 0 aliphatic carbocycles. The average molecular weight is 287 g/mol. The third-order valence-electron chi connectivity index (χ3n) is 3.37. The van der Waals surface area contributed by atoms with Gasteiger partial charge < -0.3 is 4.74 Å². The van der Waals surface area contributed by atoms with E-state index in [0.717, 1.165) is 0 Å². The van der Waals surface area contributed by atoms with Gasteiger partial charge in [0.05, 0.1) is 17.7 Å². The van der Waals surface area contributed by atoms with Gasteiger partial charge in [-0.25, -0.2) is 4.79 Å². The molecule has 1 unspecified atom stereocenters. The summed E-state index contributed by atoms with van der Waals surface area (Å²) in [6.45, 7) is 7.34. The molecular weight excluding hydrogens is 270 g/mol. The van der Waals surface area contributed by atoms with Crippen molar-refractivity contribution >= 4 is 17.8 Å². The fourth-order valence-electron chi connectivity index (χ4n) is 2.37. The summed E-state index contributed by atoms with van der Waals surface area (Å²) in [6.07, 6.45) is 0.199. The van der Waals surface area contributed by atoms with Gasteiger partial charge in [0.15, 0.2) is 0 Å². The van der Waals surface area contributed by atoms with Crippen molar-refractivity contribution in [1.82, 2.24) is 4.90 Å². The molecule has 0 saturated heterocycles. The lowest BCUT2D eigenvalue weighted by atomic mass is 10.1. The maximum absolute atomic E-state index is 12.3. The number of hydrogen-bond acceptors (Lipinski definition) is 4. The van der Waals surface area contributed by atoms with Gasteiger partial charge in [0.1, 0.15) is 0 Å². The first-order chi connectivity index (χ1) is 9.97. The number of hydrogen-bond donors (Lipinski definition) is 0. The molecule has 0 spiro atoms. The number of ether oxygens (including phenoxy) is 1. The Morgan fingerprint density at radius 2 is 1.76 bits per heavy atom. The van der Waals surface area contributed by atoms with Crippen LogP contribution in [0.2, 0.25) is 0 Å². The van der Waals surface area contributed by atoms with Crippen LogP contribution < -0.4 is 0 Å². The highest BCUT2D eigenvalue weighted by Crippen LogP contribution is 2.26. The van der Waals surface area contributed by atoms with Crippen LogP contribution in [0.5, 0.6) is 0 Å². The zero-order valence-electron chi connectivity index (χ0n) is 12.1. The zero-order chi connectivity index (χ0) is 15.6. The molecule has 1 atom stereocenters. The van der Waals surface area contributed by atoms with Crippen molar-refractivity contribution in [2.45, 2.75) is 26.3 Å². The SMILES string of the molecule is C=C(CC(C)N1C(=O)c2ccccc2C1=O)C(=O)OCC. The van der Waals surface area contributed by atoms with E-state index in [2.05, 4.69) is 6.58 Å². The van der Waals surface area contributed by atoms with Crippen LogP contribution >= 0.6 is 0 Å². The van der Waals surface area contributed by atoms with E-state index in [1.807, 2.05) is 0 Å². The van der Waals surface area contributed by atoms with Crippen LogP contribution in [-0.4, -0.2) is 35.3 Å². The summed E-state index contributed by atoms with van der Waals surface area (Å²) < 4.78 is 4.86. The first-order valence-corrected chi connectivity index (χ1v) is 6.79. The van der Waals surface area contributed by atoms with Crippen molar-refractivity contribution in [1.29, 1.82) is 0 Å². The van der Waals surface area contributed by atoms with E-state index in [1.54, 1.807) is 38.1 Å². The maximum Gasteiger partial charge on any atom is 0.333 e. The van der Waals surface area contributed by atoms with Crippen LogP contribution in [0.3, 0.4) is 0 Å². The fourth-order valence-corrected chi connectivity index (χ4v) is 2.37. The van der Waals surface area contributed by atoms with Gasteiger partial charge in [-0.1, -0.05) is 18.7 Å². The second kappa shape index (κ2) is 5.91. The monoisotopic (exact) mass is 287 g/mol. The summed E-state index contributed by atoms with van der Waals surface area (Å²) in [5, 5.41) is 0. The number of carbonyl (C=O) groups excluding carboxylic acids is 3. The number of fused-ring (bicyclic) bond motifs is 1. The molecule has 1 aromatic carbocycles. The molecule has 1 aromatic rings. The third kappa shape index (κ3) is 2.72. The lowest BCUT2D eigenvalue weighted by Gasteiger charge is -2.22. The Kier molecular flexibility index (Phi) is 4.21. The summed E-state index contributed by atoms with van der Waals surface area (Å²) >= 11 is 0. The summed E-state index contributed by atoms with van der Waals surface area (Å²) in [5.41, 5.74) is 1.05. The second-order valence-corrected chi connectivity index (χ2v) is 4.90. The second-order valence-electron chi connectivity index (χ2n) is 4.90. The zero-order valence-corrected chi connectivity index (χ0v) is 12.1. The van der Waals surface area contributed by atoms with E-state index in [0.29, 0.717) is 11.1 Å². The molecule has 2 rings (SSSR count). The summed E-state index contributed by atoms with van der Waals surface area (Å²) in [7, 11) is 0. The number of carbonyl (C=O) groups is 3. The van der Waals surface area contributed by atoms with Crippen LogP contribution in [0, 0.1) is 0 Å². The van der Waals surface area contributed by atoms with Crippen molar-refractivity contribution in [3.63, 3.8) is 0 Å². The highest BCUT2D eigenvalue weighted by Gasteiger charge is 2.38. The van der Waals surface area contributed by atoms with E-state index in [4.69, 9.17) is 4.74 Å². The minimum atomic E-state index is -0.499. The normalized spacial score (nSPS) is 14.9. The number of amides is 2. The van der Waals surface area contributed by atoms with Gasteiger partial charge in [-0.3, -0.25) is 14.5 Å². The molecule has 1 aliphatic heterocycles. The number of imide groups is 1. The van der Waals surface area contributed by atoms with Crippen LogP contribution in [0.1, 0.15) is 41.0 Å². The molecule has 0 bridgehead atoms. The van der Waals surface area contributed by atoms with Crippen LogP contribution in [0.25, 0.3) is 0 Å². The van der Waals surface area contributed by atoms with Crippen LogP contribution in [0.4, 0.5) is 0 Å². The average Bonchev–Trinajstić information content (AvgIpc) is 2.71. The van der Waals surface area contributed by atoms with E-state index >= 15 is 0 Å². The van der Waals surface area contributed by atoms with Crippen LogP contribution in [-0.2, 0) is 9.53 Å². The lowest BCUT2D eigenvalue weighted by molar-refractivity contribution is -0.138. The Hall–Kier alpha value is -2.43. The predicted molar refractivity (Wildman–Crippen MR) is 76.8 cm³/mol. The number of benzene rings is 1. The van der Waals surface area contributed by atoms with Crippen molar-refractivity contribution in [3.8, 4) is 0 Å². The number of esters is 1. The van der Waals surface area contributed by atoms with Gasteiger partial charge in [-0.2, -0.15) is 0 Å². The molecule has 1 heterocycles. The van der Waals surface area contributed by atoms with E-state index in [9.17, 15) is 14.4 Å². The smallest absolute Gasteiger partial charge is 0.333 e. The number of rotatable bonds is 5. The molecule has 0 fully saturated rings. The number of nitrogens with zero attached hydrogens (tertiary/aromatic N) is 1. The molecule has 1 aliphatic rings. The van der Waals surface area contributed by atoms with Crippen molar-refractivity contribution in [2.75, 3.05) is 6.61 Å². The Morgan fingerprint density at radius 1 is 1.24 bits per heavy atom. The van der Waals surface area contributed by atoms with Crippen molar-refractivity contribution < 1.29 is 19.1 Å². The quantitative estimate of drug-likeness (QED) is 0.473. The van der Waals surface area contributed by atoms with E-state index in [1.165, 1.54) is 4.90 Å². The first-order valence-electron chi connectivity index (χ1n) is 6.79.